The van der Waals surface area contributed by atoms with E-state index in [-0.39, 0.29) is 0 Å². The summed E-state index contributed by atoms with van der Waals surface area (Å²) in [5.41, 5.74) is 0.543. The smallest absolute Gasteiger partial charge is 0.423 e. The largest absolute Gasteiger partial charge is 0.489 e. The van der Waals surface area contributed by atoms with Gasteiger partial charge in [-0.25, -0.2) is 0 Å². The van der Waals surface area contributed by atoms with Crippen molar-refractivity contribution in [2.75, 3.05) is 0 Å². The minimum absolute atomic E-state index is 0.543. The molecule has 70 valence electrons. The molecule has 2 N–H and O–H groups in total. The van der Waals surface area contributed by atoms with Crippen LogP contribution in [0.5, 0.6) is 0 Å². The molecule has 3 nitrogen and oxygen atoms in total. The van der Waals surface area contributed by atoms with Gasteiger partial charge < -0.3 is 10.0 Å². The van der Waals surface area contributed by atoms with Gasteiger partial charge in [0.15, 0.2) is 0 Å². The molecule has 0 radical (unpaired) electrons. The fourth-order valence-electron chi connectivity index (χ4n) is 1.25. The van der Waals surface area contributed by atoms with Gasteiger partial charge in [0.1, 0.15) is 8.07 Å². The molecule has 1 heterocycles. The van der Waals surface area contributed by atoms with Crippen molar-refractivity contribution in [2.24, 2.45) is 0 Å². The van der Waals surface area contributed by atoms with Gasteiger partial charge in [0.05, 0.1) is 0 Å². The Hall–Kier alpha value is -0.648. The van der Waals surface area contributed by atoms with Crippen molar-refractivity contribution < 1.29 is 10.0 Å². The lowest BCUT2D eigenvalue weighted by Crippen LogP contribution is -2.54. The Bertz CT molecular complexity index is 298. The molecule has 0 bridgehead atoms. The van der Waals surface area contributed by atoms with Crippen LogP contribution in [-0.4, -0.2) is 30.2 Å². The summed E-state index contributed by atoms with van der Waals surface area (Å²) < 4.78 is 0. The van der Waals surface area contributed by atoms with E-state index >= 15 is 0 Å². The third-order valence-electron chi connectivity index (χ3n) is 1.83. The van der Waals surface area contributed by atoms with E-state index in [0.717, 1.165) is 5.32 Å². The second-order valence-corrected chi connectivity index (χ2v) is 9.04. The second kappa shape index (κ2) is 3.61. The molecule has 5 heteroatoms. The molecule has 0 aliphatic rings. The van der Waals surface area contributed by atoms with Gasteiger partial charge in [-0.2, -0.15) is 0 Å². The van der Waals surface area contributed by atoms with Gasteiger partial charge in [-0.3, -0.25) is 4.98 Å². The Labute approximate surface area is 79.6 Å². The summed E-state index contributed by atoms with van der Waals surface area (Å²) in [6.45, 7) is 6.38. The maximum absolute atomic E-state index is 9.11. The van der Waals surface area contributed by atoms with Gasteiger partial charge >= 0.3 is 7.12 Å². The molecule has 0 aliphatic carbocycles. The third kappa shape index (κ3) is 2.40. The summed E-state index contributed by atoms with van der Waals surface area (Å²) in [6.07, 6.45) is 1.69. The summed E-state index contributed by atoms with van der Waals surface area (Å²) in [4.78, 5) is 4.21. The lowest BCUT2D eigenvalue weighted by molar-refractivity contribution is 0.426. The van der Waals surface area contributed by atoms with Gasteiger partial charge in [0, 0.05) is 11.5 Å². The molecular formula is C8H14BNO2Si. The van der Waals surface area contributed by atoms with Crippen LogP contribution in [0.2, 0.25) is 19.6 Å². The minimum Gasteiger partial charge on any atom is -0.423 e. The van der Waals surface area contributed by atoms with E-state index in [1.807, 2.05) is 0 Å². The molecular weight excluding hydrogens is 181 g/mol. The average Bonchev–Trinajstić information content (AvgIpc) is 2.03. The van der Waals surface area contributed by atoms with Crippen LogP contribution >= 0.6 is 0 Å². The van der Waals surface area contributed by atoms with E-state index in [4.69, 9.17) is 10.0 Å². The molecule has 0 aliphatic heterocycles. The Morgan fingerprint density at radius 2 is 1.92 bits per heavy atom. The molecule has 13 heavy (non-hydrogen) atoms. The lowest BCUT2D eigenvalue weighted by Gasteiger charge is -2.18. The van der Waals surface area contributed by atoms with Crippen LogP contribution in [0, 0.1) is 0 Å². The molecule has 0 spiro atoms. The van der Waals surface area contributed by atoms with Crippen LogP contribution in [0.3, 0.4) is 0 Å². The first-order valence-corrected chi connectivity index (χ1v) is 7.74. The SMILES string of the molecule is C[Si](C)(C)c1ncccc1B(O)O. The molecule has 0 amide bonds. The Morgan fingerprint density at radius 3 is 2.31 bits per heavy atom. The minimum atomic E-state index is -1.57. The third-order valence-corrected chi connectivity index (χ3v) is 3.67. The summed E-state index contributed by atoms with van der Waals surface area (Å²) >= 11 is 0. The normalized spacial score (nSPS) is 11.5. The zero-order valence-electron chi connectivity index (χ0n) is 8.15. The predicted molar refractivity (Wildman–Crippen MR) is 57.0 cm³/mol. The van der Waals surface area contributed by atoms with Crippen molar-refractivity contribution in [3.63, 3.8) is 0 Å². The molecule has 0 saturated heterocycles. The van der Waals surface area contributed by atoms with E-state index in [2.05, 4.69) is 24.6 Å². The number of pyridine rings is 1. The Morgan fingerprint density at radius 1 is 1.31 bits per heavy atom. The first-order chi connectivity index (χ1) is 5.93. The Balaban J connectivity index is 3.20. The molecule has 0 saturated carbocycles. The summed E-state index contributed by atoms with van der Waals surface area (Å²) in [7, 11) is -2.98. The lowest BCUT2D eigenvalue weighted by atomic mass is 9.82. The molecule has 1 rings (SSSR count). The molecule has 0 unspecified atom stereocenters. The monoisotopic (exact) mass is 195 g/mol. The van der Waals surface area contributed by atoms with Gasteiger partial charge in [0.2, 0.25) is 0 Å². The first-order valence-electron chi connectivity index (χ1n) is 4.24. The van der Waals surface area contributed by atoms with Crippen molar-refractivity contribution >= 4 is 26.0 Å². The highest BCUT2D eigenvalue weighted by molar-refractivity contribution is 6.91. The zero-order chi connectivity index (χ0) is 10.1. The van der Waals surface area contributed by atoms with Crippen molar-refractivity contribution in [1.29, 1.82) is 0 Å². The summed E-state index contributed by atoms with van der Waals surface area (Å²) in [6, 6.07) is 3.43. The van der Waals surface area contributed by atoms with E-state index in [9.17, 15) is 0 Å². The van der Waals surface area contributed by atoms with E-state index in [1.54, 1.807) is 18.3 Å². The van der Waals surface area contributed by atoms with Gasteiger partial charge in [-0.1, -0.05) is 25.7 Å². The van der Waals surface area contributed by atoms with Crippen molar-refractivity contribution in [1.82, 2.24) is 4.98 Å². The second-order valence-electron chi connectivity index (χ2n) is 4.06. The predicted octanol–water partition coefficient (Wildman–Crippen LogP) is -0.693. The van der Waals surface area contributed by atoms with Crippen LogP contribution < -0.4 is 10.8 Å². The highest BCUT2D eigenvalue weighted by atomic mass is 28.3. The van der Waals surface area contributed by atoms with Gasteiger partial charge in [-0.05, 0) is 11.5 Å². The van der Waals surface area contributed by atoms with Crippen molar-refractivity contribution in [3.05, 3.63) is 18.3 Å². The fourth-order valence-corrected chi connectivity index (χ4v) is 2.79. The number of nitrogens with zero attached hydrogens (tertiary/aromatic N) is 1. The van der Waals surface area contributed by atoms with Gasteiger partial charge in [-0.15, -0.1) is 0 Å². The molecule has 0 aromatic carbocycles. The Kier molecular flexibility index (Phi) is 2.90. The van der Waals surface area contributed by atoms with E-state index in [0.29, 0.717) is 5.46 Å². The number of rotatable bonds is 2. The standard InChI is InChI=1S/C8H14BNO2Si/c1-13(2,3)8-7(9(11)12)5-4-6-10-8/h4-6,11-12H,1-3H3. The topological polar surface area (TPSA) is 53.4 Å². The maximum atomic E-state index is 9.11. The van der Waals surface area contributed by atoms with Crippen LogP contribution in [0.4, 0.5) is 0 Å². The fraction of sp³-hybridized carbons (Fsp3) is 0.375. The number of hydrogen-bond acceptors (Lipinski definition) is 3. The molecule has 1 aromatic heterocycles. The zero-order valence-corrected chi connectivity index (χ0v) is 9.15. The molecule has 0 fully saturated rings. The van der Waals surface area contributed by atoms with Crippen LogP contribution in [0.25, 0.3) is 0 Å². The van der Waals surface area contributed by atoms with Crippen LogP contribution in [0.1, 0.15) is 0 Å². The van der Waals surface area contributed by atoms with Crippen LogP contribution in [0.15, 0.2) is 18.3 Å². The summed E-state index contributed by atoms with van der Waals surface area (Å²) in [5.74, 6) is 0. The molecule has 1 aromatic rings. The average molecular weight is 195 g/mol. The molecule has 0 atom stereocenters. The van der Waals surface area contributed by atoms with Crippen LogP contribution in [-0.2, 0) is 0 Å². The van der Waals surface area contributed by atoms with E-state index in [1.165, 1.54) is 0 Å². The van der Waals surface area contributed by atoms with Crippen molar-refractivity contribution in [2.45, 2.75) is 19.6 Å². The first kappa shape index (κ1) is 10.4. The van der Waals surface area contributed by atoms with E-state index < -0.39 is 15.2 Å². The highest BCUT2D eigenvalue weighted by Crippen LogP contribution is 1.98. The highest BCUT2D eigenvalue weighted by Gasteiger charge is 2.26. The summed E-state index contributed by atoms with van der Waals surface area (Å²) in [5, 5.41) is 19.1. The van der Waals surface area contributed by atoms with Crippen molar-refractivity contribution in [3.8, 4) is 0 Å². The maximum Gasteiger partial charge on any atom is 0.489 e. The quantitative estimate of drug-likeness (QED) is 0.614. The van der Waals surface area contributed by atoms with Gasteiger partial charge in [0.25, 0.3) is 0 Å². The number of aromatic nitrogens is 1. The number of hydrogen-bond donors (Lipinski definition) is 2.